The van der Waals surface area contributed by atoms with E-state index in [-0.39, 0.29) is 29.4 Å². The van der Waals surface area contributed by atoms with E-state index in [1.165, 1.54) is 18.4 Å². The van der Waals surface area contributed by atoms with E-state index in [0.717, 1.165) is 37.8 Å². The van der Waals surface area contributed by atoms with Gasteiger partial charge in [-0.05, 0) is 25.3 Å². The van der Waals surface area contributed by atoms with Crippen LogP contribution in [0.2, 0.25) is 0 Å². The van der Waals surface area contributed by atoms with E-state index in [9.17, 15) is 0 Å². The van der Waals surface area contributed by atoms with Gasteiger partial charge in [0.25, 0.3) is 0 Å². The Morgan fingerprint density at radius 2 is 2.15 bits per heavy atom. The summed E-state index contributed by atoms with van der Waals surface area (Å²) < 4.78 is 5.49. The van der Waals surface area contributed by atoms with Crippen LogP contribution >= 0.6 is 24.0 Å². The molecule has 5 heteroatoms. The van der Waals surface area contributed by atoms with Gasteiger partial charge in [0.2, 0.25) is 0 Å². The minimum Gasteiger partial charge on any atom is -0.496 e. The van der Waals surface area contributed by atoms with Gasteiger partial charge in [-0.1, -0.05) is 18.2 Å². The number of methoxy groups -OCH3 is 1. The highest BCUT2D eigenvalue weighted by Crippen LogP contribution is 2.50. The molecular weight excluding hydrogens is 365 g/mol. The minimum absolute atomic E-state index is 0. The average Bonchev–Trinajstić information content (AvgIpc) is 3.27. The molecule has 1 saturated carbocycles. The van der Waals surface area contributed by atoms with Gasteiger partial charge in [-0.3, -0.25) is 4.99 Å². The first-order valence-electron chi connectivity index (χ1n) is 7.00. The van der Waals surface area contributed by atoms with E-state index in [1.807, 2.05) is 12.1 Å². The summed E-state index contributed by atoms with van der Waals surface area (Å²) in [6.07, 6.45) is 3.56. The zero-order valence-electron chi connectivity index (χ0n) is 11.8. The lowest BCUT2D eigenvalue weighted by molar-refractivity contribution is 0.403. The van der Waals surface area contributed by atoms with Crippen molar-refractivity contribution in [2.45, 2.75) is 24.7 Å². The first kappa shape index (κ1) is 15.4. The smallest absolute Gasteiger partial charge is 0.191 e. The van der Waals surface area contributed by atoms with E-state index >= 15 is 0 Å². The van der Waals surface area contributed by atoms with Crippen molar-refractivity contribution in [3.8, 4) is 5.75 Å². The summed E-state index contributed by atoms with van der Waals surface area (Å²) in [6.45, 7) is 2.88. The van der Waals surface area contributed by atoms with Crippen LogP contribution in [0.3, 0.4) is 0 Å². The Morgan fingerprint density at radius 1 is 1.35 bits per heavy atom. The number of nitrogens with zero attached hydrogens (tertiary/aromatic N) is 1. The molecule has 20 heavy (non-hydrogen) atoms. The van der Waals surface area contributed by atoms with Crippen molar-refractivity contribution in [1.82, 2.24) is 10.6 Å². The van der Waals surface area contributed by atoms with Gasteiger partial charge < -0.3 is 15.4 Å². The maximum Gasteiger partial charge on any atom is 0.191 e. The highest BCUT2D eigenvalue weighted by atomic mass is 127. The van der Waals surface area contributed by atoms with Crippen LogP contribution in [0.25, 0.3) is 0 Å². The summed E-state index contributed by atoms with van der Waals surface area (Å²) in [5.41, 5.74) is 1.55. The number of halogens is 1. The summed E-state index contributed by atoms with van der Waals surface area (Å²) in [4.78, 5) is 4.46. The predicted octanol–water partition coefficient (Wildman–Crippen LogP) is 2.28. The van der Waals surface area contributed by atoms with E-state index in [0.29, 0.717) is 0 Å². The molecule has 1 aliphatic carbocycles. The summed E-state index contributed by atoms with van der Waals surface area (Å²) in [7, 11) is 1.75. The van der Waals surface area contributed by atoms with Crippen LogP contribution in [0.4, 0.5) is 0 Å². The molecule has 1 aromatic carbocycles. The zero-order valence-corrected chi connectivity index (χ0v) is 14.1. The lowest BCUT2D eigenvalue weighted by atomic mass is 9.95. The molecule has 0 unspecified atom stereocenters. The predicted molar refractivity (Wildman–Crippen MR) is 92.2 cm³/mol. The lowest BCUT2D eigenvalue weighted by Gasteiger charge is -2.22. The lowest BCUT2D eigenvalue weighted by Crippen LogP contribution is -2.43. The molecule has 1 aliphatic heterocycles. The molecule has 0 radical (unpaired) electrons. The molecule has 4 nitrogen and oxygen atoms in total. The van der Waals surface area contributed by atoms with Crippen molar-refractivity contribution in [1.29, 1.82) is 0 Å². The van der Waals surface area contributed by atoms with Crippen molar-refractivity contribution in [3.05, 3.63) is 29.8 Å². The summed E-state index contributed by atoms with van der Waals surface area (Å²) in [6, 6.07) is 8.35. The normalized spacial score (nSPS) is 19.1. The van der Waals surface area contributed by atoms with E-state index in [2.05, 4.69) is 27.8 Å². The maximum absolute atomic E-state index is 5.49. The molecule has 1 aromatic rings. The van der Waals surface area contributed by atoms with Gasteiger partial charge in [-0.15, -0.1) is 24.0 Å². The number of benzene rings is 1. The molecule has 3 rings (SSSR count). The van der Waals surface area contributed by atoms with Crippen LogP contribution in [-0.2, 0) is 5.41 Å². The third-order valence-electron chi connectivity index (χ3n) is 4.02. The monoisotopic (exact) mass is 387 g/mol. The second kappa shape index (κ2) is 6.65. The standard InChI is InChI=1S/C15H21N3O.HI/c1-19-13-6-3-2-5-12(13)15(7-8-15)11-18-14-16-9-4-10-17-14;/h2-3,5-6H,4,7-11H2,1H3,(H2,16,17,18);1H. The van der Waals surface area contributed by atoms with Crippen LogP contribution in [0.15, 0.2) is 29.3 Å². The van der Waals surface area contributed by atoms with Gasteiger partial charge in [0.05, 0.1) is 7.11 Å². The fraction of sp³-hybridized carbons (Fsp3) is 0.533. The molecule has 2 N–H and O–H groups in total. The number of guanidine groups is 1. The number of hydrogen-bond acceptors (Lipinski definition) is 4. The summed E-state index contributed by atoms with van der Waals surface area (Å²) in [5.74, 6) is 1.95. The van der Waals surface area contributed by atoms with Crippen molar-refractivity contribution in [2.75, 3.05) is 26.7 Å². The molecule has 1 heterocycles. The van der Waals surface area contributed by atoms with Gasteiger partial charge in [-0.25, -0.2) is 0 Å². The Balaban J connectivity index is 0.00000147. The number of hydrogen-bond donors (Lipinski definition) is 2. The highest BCUT2D eigenvalue weighted by Gasteiger charge is 2.46. The van der Waals surface area contributed by atoms with Crippen molar-refractivity contribution >= 4 is 29.9 Å². The van der Waals surface area contributed by atoms with E-state index in [1.54, 1.807) is 7.11 Å². The Hall–Kier alpha value is -0.980. The Labute approximate surface area is 137 Å². The molecule has 110 valence electrons. The molecule has 0 spiro atoms. The second-order valence-corrected chi connectivity index (χ2v) is 5.34. The van der Waals surface area contributed by atoms with Crippen LogP contribution in [0, 0.1) is 0 Å². The third-order valence-corrected chi connectivity index (χ3v) is 4.02. The van der Waals surface area contributed by atoms with Gasteiger partial charge >= 0.3 is 0 Å². The SMILES string of the molecule is COc1ccccc1C1(CNC2=NCCCN2)CC1.I. The molecule has 0 amide bonds. The average molecular weight is 387 g/mol. The molecule has 0 saturated heterocycles. The van der Waals surface area contributed by atoms with Crippen molar-refractivity contribution in [3.63, 3.8) is 0 Å². The third kappa shape index (κ3) is 3.19. The number of ether oxygens (including phenoxy) is 1. The van der Waals surface area contributed by atoms with Gasteiger partial charge in [-0.2, -0.15) is 0 Å². The fourth-order valence-corrected chi connectivity index (χ4v) is 2.68. The molecule has 2 aliphatic rings. The molecule has 0 aromatic heterocycles. The van der Waals surface area contributed by atoms with Gasteiger partial charge in [0.1, 0.15) is 5.75 Å². The number of rotatable bonds is 4. The molecule has 0 atom stereocenters. The fourth-order valence-electron chi connectivity index (χ4n) is 2.68. The first-order chi connectivity index (χ1) is 9.34. The topological polar surface area (TPSA) is 45.6 Å². The highest BCUT2D eigenvalue weighted by molar-refractivity contribution is 14.0. The summed E-state index contributed by atoms with van der Waals surface area (Å²) >= 11 is 0. The number of aliphatic imine (C=N–C) groups is 1. The second-order valence-electron chi connectivity index (χ2n) is 5.34. The van der Waals surface area contributed by atoms with Crippen LogP contribution in [0.5, 0.6) is 5.75 Å². The van der Waals surface area contributed by atoms with Crippen LogP contribution < -0.4 is 15.4 Å². The molecule has 0 bridgehead atoms. The van der Waals surface area contributed by atoms with Crippen LogP contribution in [-0.4, -0.2) is 32.7 Å². The van der Waals surface area contributed by atoms with E-state index < -0.39 is 0 Å². The quantitative estimate of drug-likeness (QED) is 0.780. The minimum atomic E-state index is 0. The molecule has 1 fully saturated rings. The van der Waals surface area contributed by atoms with Gasteiger partial charge in [0, 0.05) is 30.6 Å². The van der Waals surface area contributed by atoms with Gasteiger partial charge in [0.15, 0.2) is 5.96 Å². The van der Waals surface area contributed by atoms with E-state index in [4.69, 9.17) is 4.74 Å². The first-order valence-corrected chi connectivity index (χ1v) is 7.00. The number of nitrogens with one attached hydrogen (secondary N) is 2. The van der Waals surface area contributed by atoms with Crippen molar-refractivity contribution < 1.29 is 4.74 Å². The Bertz CT molecular complexity index is 486. The summed E-state index contributed by atoms with van der Waals surface area (Å²) in [5, 5.41) is 6.76. The molecular formula is C15H22IN3O. The number of para-hydroxylation sites is 1. The Kier molecular flexibility index (Phi) is 5.12. The largest absolute Gasteiger partial charge is 0.496 e. The van der Waals surface area contributed by atoms with Crippen LogP contribution in [0.1, 0.15) is 24.8 Å². The Morgan fingerprint density at radius 3 is 2.80 bits per heavy atom. The van der Waals surface area contributed by atoms with Crippen molar-refractivity contribution in [2.24, 2.45) is 4.99 Å². The zero-order chi connectivity index (χ0) is 13.1. The maximum atomic E-state index is 5.49.